The van der Waals surface area contributed by atoms with E-state index < -0.39 is 0 Å². The number of nitrogen functional groups attached to an aromatic ring is 1. The first-order chi connectivity index (χ1) is 9.63. The molecule has 20 heavy (non-hydrogen) atoms. The number of hydrogen-bond donors (Lipinski definition) is 2. The van der Waals surface area contributed by atoms with E-state index in [9.17, 15) is 0 Å². The van der Waals surface area contributed by atoms with Gasteiger partial charge in [0.1, 0.15) is 5.82 Å². The van der Waals surface area contributed by atoms with Crippen molar-refractivity contribution in [3.05, 3.63) is 52.0 Å². The maximum Gasteiger partial charge on any atom is 0.222 e. The number of hydrogen-bond acceptors (Lipinski definition) is 4. The van der Waals surface area contributed by atoms with Crippen molar-refractivity contribution in [2.24, 2.45) is 0 Å². The molecular formula is C14H10BrClN4. The summed E-state index contributed by atoms with van der Waals surface area (Å²) >= 11 is 9.58. The van der Waals surface area contributed by atoms with Gasteiger partial charge in [-0.3, -0.25) is 0 Å². The number of nitrogens with zero attached hydrogens (tertiary/aromatic N) is 2. The summed E-state index contributed by atoms with van der Waals surface area (Å²) < 4.78 is 0.917. The summed E-state index contributed by atoms with van der Waals surface area (Å²) in [6.45, 7) is 0. The molecule has 6 heteroatoms. The zero-order valence-electron chi connectivity index (χ0n) is 10.3. The van der Waals surface area contributed by atoms with Gasteiger partial charge in [0.15, 0.2) is 0 Å². The first-order valence-electron chi connectivity index (χ1n) is 5.88. The van der Waals surface area contributed by atoms with E-state index in [1.54, 1.807) is 0 Å². The summed E-state index contributed by atoms with van der Waals surface area (Å²) in [5.74, 6) is 0.858. The van der Waals surface area contributed by atoms with Gasteiger partial charge in [-0.2, -0.15) is 4.98 Å². The van der Waals surface area contributed by atoms with Crippen molar-refractivity contribution in [2.75, 3.05) is 11.1 Å². The van der Waals surface area contributed by atoms with Gasteiger partial charge in [-0.15, -0.1) is 0 Å². The Morgan fingerprint density at radius 1 is 1.10 bits per heavy atom. The van der Waals surface area contributed by atoms with Crippen LogP contribution in [0.15, 0.2) is 46.9 Å². The SMILES string of the molecule is Nc1nc(Nc2ccc(Br)cc2Cl)c2ccccc2n1. The van der Waals surface area contributed by atoms with Crippen LogP contribution >= 0.6 is 27.5 Å². The van der Waals surface area contributed by atoms with Gasteiger partial charge in [0.25, 0.3) is 0 Å². The second-order valence-corrected chi connectivity index (χ2v) is 5.52. The molecular weight excluding hydrogens is 340 g/mol. The van der Waals surface area contributed by atoms with Crippen LogP contribution in [0.5, 0.6) is 0 Å². The topological polar surface area (TPSA) is 63.8 Å². The molecule has 0 fully saturated rings. The molecule has 0 unspecified atom stereocenters. The smallest absolute Gasteiger partial charge is 0.222 e. The standard InChI is InChI=1S/C14H10BrClN4/c15-8-5-6-12(10(16)7-8)18-13-9-3-1-2-4-11(9)19-14(17)20-13/h1-7H,(H3,17,18,19,20). The van der Waals surface area contributed by atoms with E-state index in [-0.39, 0.29) is 5.95 Å². The monoisotopic (exact) mass is 348 g/mol. The number of nitrogens with two attached hydrogens (primary N) is 1. The zero-order valence-corrected chi connectivity index (χ0v) is 12.6. The van der Waals surface area contributed by atoms with Crippen molar-refractivity contribution in [3.8, 4) is 0 Å². The average molecular weight is 350 g/mol. The Morgan fingerprint density at radius 3 is 2.70 bits per heavy atom. The Morgan fingerprint density at radius 2 is 1.90 bits per heavy atom. The minimum absolute atomic E-state index is 0.222. The third-order valence-corrected chi connectivity index (χ3v) is 3.61. The van der Waals surface area contributed by atoms with Crippen molar-refractivity contribution in [3.63, 3.8) is 0 Å². The van der Waals surface area contributed by atoms with E-state index in [1.165, 1.54) is 0 Å². The fourth-order valence-corrected chi connectivity index (χ4v) is 2.63. The van der Waals surface area contributed by atoms with Crippen molar-refractivity contribution >= 4 is 55.9 Å². The predicted octanol–water partition coefficient (Wildman–Crippen LogP) is 4.37. The summed E-state index contributed by atoms with van der Waals surface area (Å²) in [7, 11) is 0. The van der Waals surface area contributed by atoms with Crippen LogP contribution in [-0.2, 0) is 0 Å². The number of anilines is 3. The van der Waals surface area contributed by atoms with Crippen molar-refractivity contribution in [2.45, 2.75) is 0 Å². The van der Waals surface area contributed by atoms with Gasteiger partial charge in [-0.05, 0) is 30.3 Å². The van der Waals surface area contributed by atoms with Crippen LogP contribution < -0.4 is 11.1 Å². The van der Waals surface area contributed by atoms with E-state index in [0.29, 0.717) is 10.8 Å². The zero-order chi connectivity index (χ0) is 14.1. The fraction of sp³-hybridized carbons (Fsp3) is 0. The number of fused-ring (bicyclic) bond motifs is 1. The Bertz CT molecular complexity index is 791. The van der Waals surface area contributed by atoms with Gasteiger partial charge in [0.05, 0.1) is 16.2 Å². The third-order valence-electron chi connectivity index (χ3n) is 2.80. The van der Waals surface area contributed by atoms with Gasteiger partial charge in [0, 0.05) is 9.86 Å². The molecule has 3 N–H and O–H groups in total. The van der Waals surface area contributed by atoms with E-state index in [1.807, 2.05) is 42.5 Å². The van der Waals surface area contributed by atoms with E-state index in [4.69, 9.17) is 17.3 Å². The molecule has 0 aliphatic carbocycles. The molecule has 0 atom stereocenters. The average Bonchev–Trinajstić information content (AvgIpc) is 2.41. The summed E-state index contributed by atoms with van der Waals surface area (Å²) in [5, 5.41) is 4.69. The second kappa shape index (κ2) is 5.26. The molecule has 0 spiro atoms. The summed E-state index contributed by atoms with van der Waals surface area (Å²) in [4.78, 5) is 8.45. The summed E-state index contributed by atoms with van der Waals surface area (Å²) in [5.41, 5.74) is 7.29. The van der Waals surface area contributed by atoms with Gasteiger partial charge in [-0.1, -0.05) is 39.7 Å². The largest absolute Gasteiger partial charge is 0.368 e. The molecule has 0 saturated heterocycles. The molecule has 0 amide bonds. The number of para-hydroxylation sites is 1. The highest BCUT2D eigenvalue weighted by atomic mass is 79.9. The van der Waals surface area contributed by atoms with E-state index in [2.05, 4.69) is 31.2 Å². The first-order valence-corrected chi connectivity index (χ1v) is 7.05. The minimum Gasteiger partial charge on any atom is -0.368 e. The quantitative estimate of drug-likeness (QED) is 0.721. The van der Waals surface area contributed by atoms with Crippen LogP contribution in [0.3, 0.4) is 0 Å². The second-order valence-electron chi connectivity index (χ2n) is 4.20. The molecule has 0 saturated carbocycles. The fourth-order valence-electron chi connectivity index (χ4n) is 1.91. The van der Waals surface area contributed by atoms with E-state index in [0.717, 1.165) is 21.1 Å². The van der Waals surface area contributed by atoms with Crippen LogP contribution in [0.2, 0.25) is 5.02 Å². The van der Waals surface area contributed by atoms with Crippen LogP contribution in [0.25, 0.3) is 10.9 Å². The first kappa shape index (κ1) is 13.1. The lowest BCUT2D eigenvalue weighted by atomic mass is 10.2. The van der Waals surface area contributed by atoms with Gasteiger partial charge in [0.2, 0.25) is 5.95 Å². The van der Waals surface area contributed by atoms with Crippen LogP contribution in [0.4, 0.5) is 17.5 Å². The van der Waals surface area contributed by atoms with Crippen molar-refractivity contribution in [1.29, 1.82) is 0 Å². The highest BCUT2D eigenvalue weighted by molar-refractivity contribution is 9.10. The van der Waals surface area contributed by atoms with Crippen LogP contribution in [0, 0.1) is 0 Å². The highest BCUT2D eigenvalue weighted by Gasteiger charge is 2.08. The molecule has 0 aliphatic heterocycles. The summed E-state index contributed by atoms with van der Waals surface area (Å²) in [6.07, 6.45) is 0. The normalized spacial score (nSPS) is 10.7. The molecule has 0 bridgehead atoms. The molecule has 4 nitrogen and oxygen atoms in total. The summed E-state index contributed by atoms with van der Waals surface area (Å²) in [6, 6.07) is 13.3. The Kier molecular flexibility index (Phi) is 3.46. The number of nitrogens with one attached hydrogen (secondary N) is 1. The Hall–Kier alpha value is -1.85. The molecule has 3 rings (SSSR count). The maximum atomic E-state index is 6.20. The highest BCUT2D eigenvalue weighted by Crippen LogP contribution is 2.30. The molecule has 2 aromatic carbocycles. The molecule has 0 radical (unpaired) electrons. The predicted molar refractivity (Wildman–Crippen MR) is 86.4 cm³/mol. The number of halogens is 2. The Labute approximate surface area is 129 Å². The maximum absolute atomic E-state index is 6.20. The molecule has 1 heterocycles. The van der Waals surface area contributed by atoms with Crippen LogP contribution in [-0.4, -0.2) is 9.97 Å². The molecule has 0 aliphatic rings. The minimum atomic E-state index is 0.222. The Balaban J connectivity index is 2.10. The van der Waals surface area contributed by atoms with Gasteiger partial charge >= 0.3 is 0 Å². The van der Waals surface area contributed by atoms with Gasteiger partial charge in [-0.25, -0.2) is 4.98 Å². The third kappa shape index (κ3) is 2.55. The number of benzene rings is 2. The molecule has 3 aromatic rings. The number of rotatable bonds is 2. The molecule has 100 valence electrons. The lowest BCUT2D eigenvalue weighted by molar-refractivity contribution is 1.23. The lowest BCUT2D eigenvalue weighted by Gasteiger charge is -2.11. The molecule has 1 aromatic heterocycles. The van der Waals surface area contributed by atoms with Crippen LogP contribution in [0.1, 0.15) is 0 Å². The van der Waals surface area contributed by atoms with Gasteiger partial charge < -0.3 is 11.1 Å². The van der Waals surface area contributed by atoms with Crippen molar-refractivity contribution in [1.82, 2.24) is 9.97 Å². The van der Waals surface area contributed by atoms with Crippen molar-refractivity contribution < 1.29 is 0 Å². The number of aromatic nitrogens is 2. The van der Waals surface area contributed by atoms with E-state index >= 15 is 0 Å². The lowest BCUT2D eigenvalue weighted by Crippen LogP contribution is -2.01.